The van der Waals surface area contributed by atoms with Gasteiger partial charge in [-0.3, -0.25) is 9.69 Å². The molecule has 118 valence electrons. The molecule has 22 heavy (non-hydrogen) atoms. The van der Waals surface area contributed by atoms with Crippen molar-refractivity contribution in [3.8, 4) is 0 Å². The molecule has 0 saturated carbocycles. The number of ether oxygens (including phenoxy) is 2. The number of rotatable bonds is 2. The van der Waals surface area contributed by atoms with Crippen LogP contribution in [0.4, 0.5) is 5.69 Å². The fourth-order valence-corrected chi connectivity index (χ4v) is 2.89. The van der Waals surface area contributed by atoms with Gasteiger partial charge in [-0.2, -0.15) is 0 Å². The fourth-order valence-electron chi connectivity index (χ4n) is 2.48. The number of aryl methyl sites for hydroxylation is 1. The summed E-state index contributed by atoms with van der Waals surface area (Å²) >= 11 is 3.37. The van der Waals surface area contributed by atoms with E-state index >= 15 is 0 Å². The molecule has 1 unspecified atom stereocenters. The smallest absolute Gasteiger partial charge is 0.397 e. The van der Waals surface area contributed by atoms with Crippen molar-refractivity contribution in [1.82, 2.24) is 0 Å². The van der Waals surface area contributed by atoms with Crippen molar-refractivity contribution < 1.29 is 23.9 Å². The van der Waals surface area contributed by atoms with Crippen LogP contribution >= 0.6 is 15.9 Å². The number of hydrogen-bond donors (Lipinski definition) is 0. The van der Waals surface area contributed by atoms with Gasteiger partial charge in [-0.25, -0.2) is 9.59 Å². The lowest BCUT2D eigenvalue weighted by Gasteiger charge is -2.34. The van der Waals surface area contributed by atoms with E-state index in [1.54, 1.807) is 19.1 Å². The number of halogens is 1. The normalized spacial score (nSPS) is 16.7. The van der Waals surface area contributed by atoms with Crippen molar-refractivity contribution >= 4 is 39.5 Å². The number of nitrogens with zero attached hydrogens (tertiary/aromatic N) is 1. The van der Waals surface area contributed by atoms with Crippen molar-refractivity contribution in [1.29, 1.82) is 0 Å². The minimum atomic E-state index is -0.979. The van der Waals surface area contributed by atoms with Crippen molar-refractivity contribution in [3.05, 3.63) is 28.2 Å². The SMILES string of the molecule is CCOC(=O)C(=O)N1c2ccc(Br)cc2CCC1C(=O)OC. The van der Waals surface area contributed by atoms with E-state index in [4.69, 9.17) is 9.47 Å². The van der Waals surface area contributed by atoms with E-state index in [2.05, 4.69) is 15.9 Å². The molecular formula is C15H16BrNO5. The molecular weight excluding hydrogens is 354 g/mol. The minimum absolute atomic E-state index is 0.0918. The summed E-state index contributed by atoms with van der Waals surface area (Å²) in [6.45, 7) is 1.71. The van der Waals surface area contributed by atoms with E-state index in [1.807, 2.05) is 6.07 Å². The van der Waals surface area contributed by atoms with Crippen LogP contribution in [0.25, 0.3) is 0 Å². The van der Waals surface area contributed by atoms with E-state index in [0.29, 0.717) is 18.5 Å². The Hall–Kier alpha value is -1.89. The molecule has 1 aliphatic heterocycles. The fraction of sp³-hybridized carbons (Fsp3) is 0.400. The predicted molar refractivity (Wildman–Crippen MR) is 82.4 cm³/mol. The zero-order chi connectivity index (χ0) is 16.3. The second-order valence-corrected chi connectivity index (χ2v) is 5.66. The topological polar surface area (TPSA) is 72.9 Å². The first-order chi connectivity index (χ1) is 10.5. The summed E-state index contributed by atoms with van der Waals surface area (Å²) in [5.41, 5.74) is 1.41. The molecule has 6 nitrogen and oxygen atoms in total. The van der Waals surface area contributed by atoms with Gasteiger partial charge >= 0.3 is 17.8 Å². The van der Waals surface area contributed by atoms with E-state index < -0.39 is 23.9 Å². The lowest BCUT2D eigenvalue weighted by Crippen LogP contribution is -2.51. The lowest BCUT2D eigenvalue weighted by molar-refractivity contribution is -0.154. The number of carbonyl (C=O) groups is 3. The zero-order valence-electron chi connectivity index (χ0n) is 12.3. The third kappa shape index (κ3) is 3.14. The number of methoxy groups -OCH3 is 1. The lowest BCUT2D eigenvalue weighted by atomic mass is 9.95. The summed E-state index contributed by atoms with van der Waals surface area (Å²) in [7, 11) is 1.26. The Labute approximate surface area is 136 Å². The van der Waals surface area contributed by atoms with Crippen LogP contribution in [-0.2, 0) is 30.3 Å². The highest BCUT2D eigenvalue weighted by molar-refractivity contribution is 9.10. The summed E-state index contributed by atoms with van der Waals surface area (Å²) in [5.74, 6) is -2.39. The molecule has 1 aliphatic rings. The largest absolute Gasteiger partial charge is 0.467 e. The first-order valence-corrected chi connectivity index (χ1v) is 7.65. The van der Waals surface area contributed by atoms with Crippen LogP contribution in [0.3, 0.4) is 0 Å². The summed E-state index contributed by atoms with van der Waals surface area (Å²) in [6.07, 6.45) is 1.00. The maximum absolute atomic E-state index is 12.4. The zero-order valence-corrected chi connectivity index (χ0v) is 13.9. The molecule has 1 aromatic rings. The molecule has 1 amide bonds. The number of anilines is 1. The van der Waals surface area contributed by atoms with Gasteiger partial charge in [0.05, 0.1) is 13.7 Å². The van der Waals surface area contributed by atoms with Crippen LogP contribution in [0, 0.1) is 0 Å². The molecule has 7 heteroatoms. The second kappa shape index (κ2) is 6.91. The molecule has 0 aliphatic carbocycles. The number of fused-ring (bicyclic) bond motifs is 1. The third-order valence-electron chi connectivity index (χ3n) is 3.44. The van der Waals surface area contributed by atoms with Crippen LogP contribution < -0.4 is 4.90 Å². The molecule has 0 bridgehead atoms. The Morgan fingerprint density at radius 3 is 2.73 bits per heavy atom. The quantitative estimate of drug-likeness (QED) is 0.587. The molecule has 1 aromatic carbocycles. The van der Waals surface area contributed by atoms with Gasteiger partial charge in [0.25, 0.3) is 0 Å². The molecule has 0 aromatic heterocycles. The Morgan fingerprint density at radius 2 is 2.09 bits per heavy atom. The molecule has 0 saturated heterocycles. The van der Waals surface area contributed by atoms with Crippen LogP contribution in [0.1, 0.15) is 18.9 Å². The van der Waals surface area contributed by atoms with Crippen LogP contribution in [0.2, 0.25) is 0 Å². The highest BCUT2D eigenvalue weighted by Gasteiger charge is 2.39. The molecule has 0 spiro atoms. The molecule has 0 radical (unpaired) electrons. The number of esters is 2. The average molecular weight is 370 g/mol. The number of carbonyl (C=O) groups excluding carboxylic acids is 3. The van der Waals surface area contributed by atoms with Crippen molar-refractivity contribution in [3.63, 3.8) is 0 Å². The molecule has 1 heterocycles. The molecule has 2 rings (SSSR count). The van der Waals surface area contributed by atoms with E-state index in [0.717, 1.165) is 10.0 Å². The highest BCUT2D eigenvalue weighted by atomic mass is 79.9. The Bertz CT molecular complexity index is 616. The van der Waals surface area contributed by atoms with Crippen LogP contribution in [0.5, 0.6) is 0 Å². The van der Waals surface area contributed by atoms with Gasteiger partial charge in [0, 0.05) is 10.2 Å². The number of benzene rings is 1. The molecule has 0 fully saturated rings. The van der Waals surface area contributed by atoms with Gasteiger partial charge in [0.1, 0.15) is 6.04 Å². The first kappa shape index (κ1) is 16.5. The first-order valence-electron chi connectivity index (χ1n) is 6.86. The van der Waals surface area contributed by atoms with E-state index in [1.165, 1.54) is 12.0 Å². The van der Waals surface area contributed by atoms with Gasteiger partial charge in [-0.1, -0.05) is 15.9 Å². The Morgan fingerprint density at radius 1 is 1.36 bits per heavy atom. The summed E-state index contributed by atoms with van der Waals surface area (Å²) in [5, 5.41) is 0. The van der Waals surface area contributed by atoms with Gasteiger partial charge < -0.3 is 9.47 Å². The van der Waals surface area contributed by atoms with E-state index in [-0.39, 0.29) is 6.61 Å². The molecule has 0 N–H and O–H groups in total. The number of amides is 1. The average Bonchev–Trinajstić information content (AvgIpc) is 2.52. The number of hydrogen-bond acceptors (Lipinski definition) is 5. The third-order valence-corrected chi connectivity index (χ3v) is 3.94. The maximum atomic E-state index is 12.4. The van der Waals surface area contributed by atoms with E-state index in [9.17, 15) is 14.4 Å². The van der Waals surface area contributed by atoms with Gasteiger partial charge in [0.15, 0.2) is 0 Å². The van der Waals surface area contributed by atoms with Crippen molar-refractivity contribution in [2.75, 3.05) is 18.6 Å². The van der Waals surface area contributed by atoms with Crippen molar-refractivity contribution in [2.45, 2.75) is 25.8 Å². The summed E-state index contributed by atoms with van der Waals surface area (Å²) < 4.78 is 10.4. The van der Waals surface area contributed by atoms with Gasteiger partial charge in [-0.05, 0) is 43.5 Å². The maximum Gasteiger partial charge on any atom is 0.397 e. The molecule has 1 atom stereocenters. The minimum Gasteiger partial charge on any atom is -0.467 e. The highest BCUT2D eigenvalue weighted by Crippen LogP contribution is 2.33. The van der Waals surface area contributed by atoms with Crippen LogP contribution in [-0.4, -0.2) is 37.6 Å². The van der Waals surface area contributed by atoms with Crippen LogP contribution in [0.15, 0.2) is 22.7 Å². The summed E-state index contributed by atoms with van der Waals surface area (Å²) in [6, 6.07) is 4.50. The van der Waals surface area contributed by atoms with Crippen molar-refractivity contribution in [2.24, 2.45) is 0 Å². The standard InChI is InChI=1S/C15H16BrNO5/c1-3-22-15(20)13(18)17-11-7-5-10(16)8-9(11)4-6-12(17)14(19)21-2/h5,7-8,12H,3-4,6H2,1-2H3. The monoisotopic (exact) mass is 369 g/mol. The Balaban J connectivity index is 2.44. The predicted octanol–water partition coefficient (Wildman–Crippen LogP) is 1.83. The second-order valence-electron chi connectivity index (χ2n) is 4.75. The summed E-state index contributed by atoms with van der Waals surface area (Å²) in [4.78, 5) is 37.3. The Kier molecular flexibility index (Phi) is 5.18. The van der Waals surface area contributed by atoms with Gasteiger partial charge in [-0.15, -0.1) is 0 Å². The van der Waals surface area contributed by atoms with Gasteiger partial charge in [0.2, 0.25) is 0 Å².